The number of carbonyl (C=O) groups excluding carboxylic acids is 2. The van der Waals surface area contributed by atoms with Crippen molar-refractivity contribution in [1.29, 1.82) is 0 Å². The molecule has 1 saturated heterocycles. The van der Waals surface area contributed by atoms with Crippen LogP contribution in [0.2, 0.25) is 0 Å². The predicted molar refractivity (Wildman–Crippen MR) is 120 cm³/mol. The van der Waals surface area contributed by atoms with Crippen molar-refractivity contribution < 1.29 is 19.4 Å². The standard InChI is InChI=1S/C24H26BrNO4/c1-15(2)30-14-4-13-26-21(17-7-5-16(3)6-8-17)20(23(28)24(26)29)22(27)18-9-11-19(25)12-10-18/h5-12,15,21,27H,4,13-14H2,1-3H3/t21-/m1/s1. The second-order valence-electron chi connectivity index (χ2n) is 7.68. The number of halogens is 1. The summed E-state index contributed by atoms with van der Waals surface area (Å²) in [6.07, 6.45) is 0.706. The molecule has 3 rings (SSSR count). The van der Waals surface area contributed by atoms with Crippen molar-refractivity contribution in [3.63, 3.8) is 0 Å². The Morgan fingerprint density at radius 3 is 2.33 bits per heavy atom. The zero-order chi connectivity index (χ0) is 21.8. The first-order chi connectivity index (χ1) is 14.3. The number of ether oxygens (including phenoxy) is 1. The fraction of sp³-hybridized carbons (Fsp3) is 0.333. The average Bonchev–Trinajstić information content (AvgIpc) is 2.96. The number of aliphatic hydroxyl groups is 1. The van der Waals surface area contributed by atoms with Crippen molar-refractivity contribution in [2.75, 3.05) is 13.2 Å². The molecule has 158 valence electrons. The second-order valence-corrected chi connectivity index (χ2v) is 8.60. The first-order valence-electron chi connectivity index (χ1n) is 10.0. The SMILES string of the molecule is Cc1ccc([C@@H]2C(=C(O)c3ccc(Br)cc3)C(=O)C(=O)N2CCCOC(C)C)cc1. The zero-order valence-electron chi connectivity index (χ0n) is 17.4. The van der Waals surface area contributed by atoms with E-state index in [4.69, 9.17) is 4.74 Å². The van der Waals surface area contributed by atoms with E-state index in [1.165, 1.54) is 0 Å². The number of likely N-dealkylation sites (tertiary alicyclic amines) is 1. The van der Waals surface area contributed by atoms with E-state index in [1.54, 1.807) is 29.2 Å². The number of aryl methyl sites for hydroxylation is 1. The lowest BCUT2D eigenvalue weighted by Gasteiger charge is -2.25. The Balaban J connectivity index is 2.01. The van der Waals surface area contributed by atoms with Crippen molar-refractivity contribution in [3.8, 4) is 0 Å². The van der Waals surface area contributed by atoms with Crippen molar-refractivity contribution in [1.82, 2.24) is 4.90 Å². The number of rotatable bonds is 7. The third-order valence-electron chi connectivity index (χ3n) is 5.05. The summed E-state index contributed by atoms with van der Waals surface area (Å²) >= 11 is 3.37. The van der Waals surface area contributed by atoms with Gasteiger partial charge in [0.05, 0.1) is 17.7 Å². The number of benzene rings is 2. The Morgan fingerprint density at radius 1 is 1.10 bits per heavy atom. The number of carbonyl (C=O) groups is 2. The lowest BCUT2D eigenvalue weighted by Crippen LogP contribution is -2.31. The predicted octanol–water partition coefficient (Wildman–Crippen LogP) is 4.99. The van der Waals surface area contributed by atoms with Gasteiger partial charge in [-0.1, -0.05) is 57.9 Å². The summed E-state index contributed by atoms with van der Waals surface area (Å²) in [6, 6.07) is 14.1. The summed E-state index contributed by atoms with van der Waals surface area (Å²) in [6.45, 7) is 6.75. The van der Waals surface area contributed by atoms with Crippen LogP contribution in [0.3, 0.4) is 0 Å². The van der Waals surface area contributed by atoms with Gasteiger partial charge in [0.1, 0.15) is 5.76 Å². The highest BCUT2D eigenvalue weighted by Gasteiger charge is 2.45. The average molecular weight is 472 g/mol. The van der Waals surface area contributed by atoms with Gasteiger partial charge in [-0.15, -0.1) is 0 Å². The maximum absolute atomic E-state index is 12.9. The van der Waals surface area contributed by atoms with Crippen molar-refractivity contribution in [2.45, 2.75) is 39.3 Å². The lowest BCUT2D eigenvalue weighted by atomic mass is 9.94. The number of nitrogens with zero attached hydrogens (tertiary/aromatic N) is 1. The molecule has 1 aliphatic heterocycles. The number of hydrogen-bond donors (Lipinski definition) is 1. The van der Waals surface area contributed by atoms with Crippen LogP contribution >= 0.6 is 15.9 Å². The van der Waals surface area contributed by atoms with Gasteiger partial charge in [-0.2, -0.15) is 0 Å². The molecule has 0 aromatic heterocycles. The number of hydrogen-bond acceptors (Lipinski definition) is 4. The summed E-state index contributed by atoms with van der Waals surface area (Å²) in [5, 5.41) is 11.0. The maximum Gasteiger partial charge on any atom is 0.295 e. The van der Waals surface area contributed by atoms with Crippen molar-refractivity contribution >= 4 is 33.4 Å². The Morgan fingerprint density at radius 2 is 1.73 bits per heavy atom. The van der Waals surface area contributed by atoms with Crippen LogP contribution in [0.5, 0.6) is 0 Å². The summed E-state index contributed by atoms with van der Waals surface area (Å²) in [7, 11) is 0. The van der Waals surface area contributed by atoms with E-state index in [-0.39, 0.29) is 17.4 Å². The Bertz CT molecular complexity index is 948. The molecule has 1 N–H and O–H groups in total. The van der Waals surface area contributed by atoms with Gasteiger partial charge in [-0.3, -0.25) is 9.59 Å². The summed E-state index contributed by atoms with van der Waals surface area (Å²) in [5.41, 5.74) is 2.49. The summed E-state index contributed by atoms with van der Waals surface area (Å²) < 4.78 is 6.45. The quantitative estimate of drug-likeness (QED) is 0.267. The Hall–Kier alpha value is -2.44. The van der Waals surface area contributed by atoms with E-state index in [1.807, 2.05) is 45.0 Å². The molecule has 0 saturated carbocycles. The van der Waals surface area contributed by atoms with Crippen molar-refractivity contribution in [2.24, 2.45) is 0 Å². The zero-order valence-corrected chi connectivity index (χ0v) is 19.0. The van der Waals surface area contributed by atoms with E-state index < -0.39 is 17.7 Å². The van der Waals surface area contributed by atoms with Gasteiger partial charge in [0, 0.05) is 23.2 Å². The molecular formula is C24H26BrNO4. The minimum absolute atomic E-state index is 0.103. The molecule has 5 nitrogen and oxygen atoms in total. The number of ketones is 1. The molecule has 0 unspecified atom stereocenters. The largest absolute Gasteiger partial charge is 0.507 e. The van der Waals surface area contributed by atoms with Gasteiger partial charge >= 0.3 is 0 Å². The number of Topliss-reactive ketones (excluding diaryl/α,β-unsaturated/α-hetero) is 1. The van der Waals surface area contributed by atoms with Crippen LogP contribution in [0.1, 0.15) is 43.0 Å². The maximum atomic E-state index is 12.9. The van der Waals surface area contributed by atoms with Gasteiger partial charge < -0.3 is 14.7 Å². The summed E-state index contributed by atoms with van der Waals surface area (Å²) in [4.78, 5) is 27.3. The molecule has 2 aromatic carbocycles. The first kappa shape index (κ1) is 22.2. The molecule has 1 heterocycles. The van der Waals surface area contributed by atoms with Crippen LogP contribution in [-0.2, 0) is 14.3 Å². The van der Waals surface area contributed by atoms with Gasteiger partial charge in [0.2, 0.25) is 0 Å². The van der Waals surface area contributed by atoms with Crippen LogP contribution in [0.25, 0.3) is 5.76 Å². The molecule has 2 aromatic rings. The normalized spacial score (nSPS) is 18.4. The van der Waals surface area contributed by atoms with Gasteiger partial charge in [-0.25, -0.2) is 0 Å². The van der Waals surface area contributed by atoms with Crippen LogP contribution in [0.15, 0.2) is 58.6 Å². The molecular weight excluding hydrogens is 446 g/mol. The topological polar surface area (TPSA) is 66.8 Å². The number of amides is 1. The van der Waals surface area contributed by atoms with E-state index in [0.29, 0.717) is 25.1 Å². The van der Waals surface area contributed by atoms with E-state index >= 15 is 0 Å². The highest BCUT2D eigenvalue weighted by Crippen LogP contribution is 2.39. The molecule has 0 bridgehead atoms. The molecule has 0 aliphatic carbocycles. The highest BCUT2D eigenvalue weighted by molar-refractivity contribution is 9.10. The third kappa shape index (κ3) is 4.82. The molecule has 30 heavy (non-hydrogen) atoms. The van der Waals surface area contributed by atoms with E-state index in [9.17, 15) is 14.7 Å². The fourth-order valence-corrected chi connectivity index (χ4v) is 3.79. The Kier molecular flexibility index (Phi) is 7.10. The third-order valence-corrected chi connectivity index (χ3v) is 5.57. The first-order valence-corrected chi connectivity index (χ1v) is 10.8. The van der Waals surface area contributed by atoms with E-state index in [2.05, 4.69) is 15.9 Å². The molecule has 1 aliphatic rings. The van der Waals surface area contributed by atoms with Gasteiger partial charge in [0.15, 0.2) is 0 Å². The molecule has 0 spiro atoms. The monoisotopic (exact) mass is 471 g/mol. The fourth-order valence-electron chi connectivity index (χ4n) is 3.52. The van der Waals surface area contributed by atoms with Crippen LogP contribution < -0.4 is 0 Å². The number of aliphatic hydroxyl groups excluding tert-OH is 1. The van der Waals surface area contributed by atoms with Crippen LogP contribution in [-0.4, -0.2) is 41.0 Å². The minimum atomic E-state index is -0.661. The van der Waals surface area contributed by atoms with Gasteiger partial charge in [-0.05, 0) is 44.9 Å². The Labute approximate surface area is 185 Å². The molecule has 1 atom stereocenters. The second kappa shape index (κ2) is 9.58. The van der Waals surface area contributed by atoms with E-state index in [0.717, 1.165) is 15.6 Å². The van der Waals surface area contributed by atoms with Crippen molar-refractivity contribution in [3.05, 3.63) is 75.3 Å². The molecule has 1 fully saturated rings. The molecule has 0 radical (unpaired) electrons. The molecule has 1 amide bonds. The van der Waals surface area contributed by atoms with Gasteiger partial charge in [0.25, 0.3) is 11.7 Å². The van der Waals surface area contributed by atoms with Crippen LogP contribution in [0, 0.1) is 6.92 Å². The molecule has 6 heteroatoms. The highest BCUT2D eigenvalue weighted by atomic mass is 79.9. The smallest absolute Gasteiger partial charge is 0.295 e. The summed E-state index contributed by atoms with van der Waals surface area (Å²) in [5.74, 6) is -1.41. The minimum Gasteiger partial charge on any atom is -0.507 e. The van der Waals surface area contributed by atoms with Crippen LogP contribution in [0.4, 0.5) is 0 Å². The lowest BCUT2D eigenvalue weighted by molar-refractivity contribution is -0.140.